The SMILES string of the molecule is CCOc1ccc(-c2nc3c(s2)CN(C(=O)Nc2ccccc2OC)CC3)cc1. The van der Waals surface area contributed by atoms with E-state index in [1.165, 1.54) is 0 Å². The molecule has 150 valence electrons. The number of carbonyl (C=O) groups excluding carboxylic acids is 1. The van der Waals surface area contributed by atoms with Gasteiger partial charge >= 0.3 is 6.03 Å². The highest BCUT2D eigenvalue weighted by Gasteiger charge is 2.25. The number of benzene rings is 2. The maximum Gasteiger partial charge on any atom is 0.322 e. The molecular formula is C22H23N3O3S. The van der Waals surface area contributed by atoms with E-state index in [0.29, 0.717) is 31.1 Å². The third-order valence-electron chi connectivity index (χ3n) is 4.78. The molecule has 1 aromatic heterocycles. The van der Waals surface area contributed by atoms with Crippen molar-refractivity contribution in [3.63, 3.8) is 0 Å². The number of amides is 2. The molecule has 4 rings (SSSR count). The summed E-state index contributed by atoms with van der Waals surface area (Å²) < 4.78 is 10.8. The van der Waals surface area contributed by atoms with Crippen molar-refractivity contribution >= 4 is 23.1 Å². The molecule has 1 N–H and O–H groups in total. The molecule has 0 saturated carbocycles. The minimum Gasteiger partial charge on any atom is -0.495 e. The highest BCUT2D eigenvalue weighted by Crippen LogP contribution is 2.33. The van der Waals surface area contributed by atoms with Crippen LogP contribution in [0.1, 0.15) is 17.5 Å². The minimum absolute atomic E-state index is 0.129. The van der Waals surface area contributed by atoms with Crippen LogP contribution in [0, 0.1) is 0 Å². The van der Waals surface area contributed by atoms with E-state index in [1.54, 1.807) is 18.4 Å². The van der Waals surface area contributed by atoms with Gasteiger partial charge in [0.25, 0.3) is 0 Å². The lowest BCUT2D eigenvalue weighted by Gasteiger charge is -2.26. The maximum absolute atomic E-state index is 12.8. The molecule has 0 spiro atoms. The van der Waals surface area contributed by atoms with E-state index < -0.39 is 0 Å². The summed E-state index contributed by atoms with van der Waals surface area (Å²) >= 11 is 1.64. The summed E-state index contributed by atoms with van der Waals surface area (Å²) in [5.74, 6) is 1.51. The molecule has 3 aromatic rings. The molecule has 6 nitrogen and oxygen atoms in total. The second-order valence-electron chi connectivity index (χ2n) is 6.65. The van der Waals surface area contributed by atoms with E-state index in [0.717, 1.165) is 33.3 Å². The van der Waals surface area contributed by atoms with Crippen molar-refractivity contribution in [1.29, 1.82) is 0 Å². The molecule has 29 heavy (non-hydrogen) atoms. The quantitative estimate of drug-likeness (QED) is 0.657. The molecular weight excluding hydrogens is 386 g/mol. The third kappa shape index (κ3) is 4.19. The van der Waals surface area contributed by atoms with Gasteiger partial charge in [0.15, 0.2) is 0 Å². The van der Waals surface area contributed by atoms with Crippen molar-refractivity contribution in [1.82, 2.24) is 9.88 Å². The van der Waals surface area contributed by atoms with Gasteiger partial charge in [0, 0.05) is 23.4 Å². The van der Waals surface area contributed by atoms with Crippen LogP contribution in [0.3, 0.4) is 0 Å². The molecule has 0 aliphatic carbocycles. The lowest BCUT2D eigenvalue weighted by atomic mass is 10.2. The fourth-order valence-corrected chi connectivity index (χ4v) is 4.42. The number of rotatable bonds is 5. The van der Waals surface area contributed by atoms with Crippen molar-refractivity contribution in [2.45, 2.75) is 19.9 Å². The van der Waals surface area contributed by atoms with Gasteiger partial charge in [0.05, 0.1) is 31.6 Å². The van der Waals surface area contributed by atoms with Gasteiger partial charge in [-0.25, -0.2) is 9.78 Å². The van der Waals surface area contributed by atoms with Gasteiger partial charge in [-0.15, -0.1) is 11.3 Å². The molecule has 0 atom stereocenters. The van der Waals surface area contributed by atoms with Crippen LogP contribution in [0.25, 0.3) is 10.6 Å². The Balaban J connectivity index is 1.46. The number of anilines is 1. The molecule has 0 fully saturated rings. The Kier molecular flexibility index (Phi) is 5.67. The van der Waals surface area contributed by atoms with Crippen molar-refractivity contribution in [2.75, 3.05) is 25.6 Å². The Hall–Kier alpha value is -3.06. The van der Waals surface area contributed by atoms with Gasteiger partial charge < -0.3 is 19.7 Å². The van der Waals surface area contributed by atoms with Gasteiger partial charge in [-0.05, 0) is 43.3 Å². The van der Waals surface area contributed by atoms with Crippen LogP contribution in [0.4, 0.5) is 10.5 Å². The zero-order chi connectivity index (χ0) is 20.2. The molecule has 2 aromatic carbocycles. The first-order valence-corrected chi connectivity index (χ1v) is 10.4. The Morgan fingerprint density at radius 3 is 2.76 bits per heavy atom. The normalized spacial score (nSPS) is 13.0. The van der Waals surface area contributed by atoms with Crippen molar-refractivity contribution in [2.24, 2.45) is 0 Å². The zero-order valence-electron chi connectivity index (χ0n) is 16.5. The number of carbonyl (C=O) groups is 1. The number of methoxy groups -OCH3 is 1. The maximum atomic E-state index is 12.8. The monoisotopic (exact) mass is 409 g/mol. The summed E-state index contributed by atoms with van der Waals surface area (Å²) in [5.41, 5.74) is 2.82. The number of hydrogen-bond donors (Lipinski definition) is 1. The van der Waals surface area contributed by atoms with Crippen molar-refractivity contribution in [3.05, 3.63) is 59.1 Å². The summed E-state index contributed by atoms with van der Waals surface area (Å²) in [4.78, 5) is 20.5. The van der Waals surface area contributed by atoms with E-state index in [1.807, 2.05) is 60.4 Å². The molecule has 1 aliphatic heterocycles. The number of aromatic nitrogens is 1. The van der Waals surface area contributed by atoms with Gasteiger partial charge in [-0.2, -0.15) is 0 Å². The van der Waals surface area contributed by atoms with E-state index in [-0.39, 0.29) is 6.03 Å². The highest BCUT2D eigenvalue weighted by atomic mass is 32.1. The summed E-state index contributed by atoms with van der Waals surface area (Å²) in [5, 5.41) is 3.93. The summed E-state index contributed by atoms with van der Waals surface area (Å²) in [6.07, 6.45) is 0.752. The molecule has 2 amide bonds. The van der Waals surface area contributed by atoms with Crippen LogP contribution in [0.15, 0.2) is 48.5 Å². The lowest BCUT2D eigenvalue weighted by molar-refractivity contribution is 0.206. The van der Waals surface area contributed by atoms with E-state index >= 15 is 0 Å². The van der Waals surface area contributed by atoms with E-state index in [4.69, 9.17) is 14.5 Å². The molecule has 2 heterocycles. The van der Waals surface area contributed by atoms with E-state index in [2.05, 4.69) is 5.32 Å². The van der Waals surface area contributed by atoms with Crippen LogP contribution in [-0.2, 0) is 13.0 Å². The first-order chi connectivity index (χ1) is 14.2. The number of thiazole rings is 1. The van der Waals surface area contributed by atoms with E-state index in [9.17, 15) is 4.79 Å². The summed E-state index contributed by atoms with van der Waals surface area (Å²) in [7, 11) is 1.60. The zero-order valence-corrected chi connectivity index (χ0v) is 17.3. The van der Waals surface area contributed by atoms with Gasteiger partial charge in [-0.1, -0.05) is 12.1 Å². The highest BCUT2D eigenvalue weighted by molar-refractivity contribution is 7.15. The number of para-hydroxylation sites is 2. The van der Waals surface area contributed by atoms with Crippen molar-refractivity contribution < 1.29 is 14.3 Å². The van der Waals surface area contributed by atoms with Crippen LogP contribution >= 0.6 is 11.3 Å². The molecule has 7 heteroatoms. The Bertz CT molecular complexity index is 1000. The fraction of sp³-hybridized carbons (Fsp3) is 0.273. The van der Waals surface area contributed by atoms with Crippen LogP contribution in [0.5, 0.6) is 11.5 Å². The standard InChI is InChI=1S/C22H23N3O3S/c1-3-28-16-10-8-15(9-11-16)21-23-18-12-13-25(14-20(18)29-21)22(26)24-17-6-4-5-7-19(17)27-2/h4-11H,3,12-14H2,1-2H3,(H,24,26). The first kappa shape index (κ1) is 19.3. The second-order valence-corrected chi connectivity index (χ2v) is 7.73. The third-order valence-corrected chi connectivity index (χ3v) is 5.91. The largest absolute Gasteiger partial charge is 0.495 e. The van der Waals surface area contributed by atoms with Gasteiger partial charge in [0.1, 0.15) is 16.5 Å². The Labute approximate surface area is 174 Å². The first-order valence-electron chi connectivity index (χ1n) is 9.58. The smallest absolute Gasteiger partial charge is 0.322 e. The number of nitrogens with zero attached hydrogens (tertiary/aromatic N) is 2. The average Bonchev–Trinajstić information content (AvgIpc) is 3.18. The topological polar surface area (TPSA) is 63.7 Å². The van der Waals surface area contributed by atoms with Crippen molar-refractivity contribution in [3.8, 4) is 22.1 Å². The molecule has 0 unspecified atom stereocenters. The Morgan fingerprint density at radius 2 is 2.00 bits per heavy atom. The number of ether oxygens (including phenoxy) is 2. The number of nitrogens with one attached hydrogen (secondary N) is 1. The summed E-state index contributed by atoms with van der Waals surface area (Å²) in [6, 6.07) is 15.3. The Morgan fingerprint density at radius 1 is 1.21 bits per heavy atom. The van der Waals surface area contributed by atoms with Crippen LogP contribution in [0.2, 0.25) is 0 Å². The van der Waals surface area contributed by atoms with Gasteiger partial charge in [0.2, 0.25) is 0 Å². The predicted octanol–water partition coefficient (Wildman–Crippen LogP) is 4.81. The molecule has 0 saturated heterocycles. The minimum atomic E-state index is -0.129. The lowest BCUT2D eigenvalue weighted by Crippen LogP contribution is -2.38. The van der Waals surface area contributed by atoms with Gasteiger partial charge in [-0.3, -0.25) is 0 Å². The number of hydrogen-bond acceptors (Lipinski definition) is 5. The average molecular weight is 410 g/mol. The van der Waals surface area contributed by atoms with Crippen LogP contribution < -0.4 is 14.8 Å². The summed E-state index contributed by atoms with van der Waals surface area (Å²) in [6.45, 7) is 3.82. The van der Waals surface area contributed by atoms with Crippen LogP contribution in [-0.4, -0.2) is 36.2 Å². The second kappa shape index (κ2) is 8.53. The fourth-order valence-electron chi connectivity index (χ4n) is 3.29. The molecule has 1 aliphatic rings. The number of fused-ring (bicyclic) bond motifs is 1. The predicted molar refractivity (Wildman–Crippen MR) is 115 cm³/mol. The number of urea groups is 1. The molecule has 0 radical (unpaired) electrons. The molecule has 0 bridgehead atoms.